The summed E-state index contributed by atoms with van der Waals surface area (Å²) in [6.45, 7) is 27.3. The van der Waals surface area contributed by atoms with Gasteiger partial charge in [0.1, 0.15) is 6.10 Å². The molecular weight excluding hydrogens is 372 g/mol. The van der Waals surface area contributed by atoms with E-state index in [9.17, 15) is 0 Å². The van der Waals surface area contributed by atoms with Crippen molar-refractivity contribution in [1.29, 1.82) is 0 Å². The van der Waals surface area contributed by atoms with Crippen LogP contribution in [0.3, 0.4) is 0 Å². The maximum atomic E-state index is 6.65. The van der Waals surface area contributed by atoms with Gasteiger partial charge in [0, 0.05) is 0 Å². The van der Waals surface area contributed by atoms with Crippen LogP contribution in [-0.4, -0.2) is 48.3 Å². The maximum Gasteiger partial charge on any atom is 0.193 e. The molecule has 1 heterocycles. The van der Waals surface area contributed by atoms with Crippen LogP contribution in [0.4, 0.5) is 0 Å². The maximum absolute atomic E-state index is 6.65. The van der Waals surface area contributed by atoms with Crippen LogP contribution >= 0.6 is 0 Å². The SMILES string of the molecule is C=CCO[C@@H]1C=C[C@H](O[Si](C)(C)C(C)(C)C)[C@@H](CO[Si](C)(C)C(C)(C)C)O1. The zero-order valence-electron chi connectivity index (χ0n) is 19.2. The van der Waals surface area contributed by atoms with Crippen molar-refractivity contribution in [3.8, 4) is 0 Å². The number of rotatable bonds is 8. The molecule has 1 aliphatic heterocycles. The molecule has 0 aromatic carbocycles. The van der Waals surface area contributed by atoms with Gasteiger partial charge in [-0.05, 0) is 42.3 Å². The average Bonchev–Trinajstić information content (AvgIpc) is 2.50. The van der Waals surface area contributed by atoms with Crippen molar-refractivity contribution < 1.29 is 18.3 Å². The Balaban J connectivity index is 2.94. The lowest BCUT2D eigenvalue weighted by molar-refractivity contribution is -0.171. The quantitative estimate of drug-likeness (QED) is 0.367. The first-order chi connectivity index (χ1) is 12.1. The van der Waals surface area contributed by atoms with E-state index in [2.05, 4.69) is 80.4 Å². The van der Waals surface area contributed by atoms with Gasteiger partial charge in [0.25, 0.3) is 0 Å². The summed E-state index contributed by atoms with van der Waals surface area (Å²) in [6.07, 6.45) is 5.11. The minimum atomic E-state index is -1.93. The van der Waals surface area contributed by atoms with E-state index in [1.807, 2.05) is 6.08 Å². The van der Waals surface area contributed by atoms with Crippen LogP contribution in [0, 0.1) is 0 Å². The monoisotopic (exact) mass is 414 g/mol. The van der Waals surface area contributed by atoms with Crippen molar-refractivity contribution in [2.75, 3.05) is 13.2 Å². The van der Waals surface area contributed by atoms with Crippen molar-refractivity contribution in [3.05, 3.63) is 24.8 Å². The molecule has 0 aliphatic carbocycles. The van der Waals surface area contributed by atoms with Gasteiger partial charge >= 0.3 is 0 Å². The van der Waals surface area contributed by atoms with E-state index in [0.717, 1.165) is 0 Å². The Morgan fingerprint density at radius 3 is 2.00 bits per heavy atom. The van der Waals surface area contributed by atoms with Crippen LogP contribution in [0.2, 0.25) is 36.3 Å². The summed E-state index contributed by atoms with van der Waals surface area (Å²) in [7, 11) is -3.79. The predicted octanol–water partition coefficient (Wildman–Crippen LogP) is 5.88. The summed E-state index contributed by atoms with van der Waals surface area (Å²) >= 11 is 0. The van der Waals surface area contributed by atoms with Crippen molar-refractivity contribution in [3.63, 3.8) is 0 Å². The standard InChI is InChI=1S/C21H42O4Si2/c1-12-15-22-19-14-13-17(25-27(10,11)21(5,6)7)18(24-19)16-23-26(8,9)20(2,3)4/h12-14,17-19H,1,15-16H2,2-11H3/t17-,18+,19-/m0/s1. The number of hydrogen-bond donors (Lipinski definition) is 0. The molecule has 0 aromatic rings. The summed E-state index contributed by atoms with van der Waals surface area (Å²) < 4.78 is 25.0. The highest BCUT2D eigenvalue weighted by Gasteiger charge is 2.43. The van der Waals surface area contributed by atoms with Gasteiger partial charge in [-0.3, -0.25) is 0 Å². The second kappa shape index (κ2) is 9.05. The summed E-state index contributed by atoms with van der Waals surface area (Å²) in [6, 6.07) is 0. The van der Waals surface area contributed by atoms with Gasteiger partial charge in [-0.1, -0.05) is 53.7 Å². The molecule has 3 atom stereocenters. The molecule has 4 nitrogen and oxygen atoms in total. The molecule has 0 amide bonds. The fraction of sp³-hybridized carbons (Fsp3) is 0.810. The normalized spacial score (nSPS) is 24.9. The lowest BCUT2D eigenvalue weighted by atomic mass is 10.1. The molecule has 0 spiro atoms. The third kappa shape index (κ3) is 6.94. The van der Waals surface area contributed by atoms with E-state index < -0.39 is 16.6 Å². The molecular formula is C21H42O4Si2. The smallest absolute Gasteiger partial charge is 0.193 e. The lowest BCUT2D eigenvalue weighted by Gasteiger charge is -2.43. The molecule has 6 heteroatoms. The highest BCUT2D eigenvalue weighted by Crippen LogP contribution is 2.39. The molecule has 158 valence electrons. The van der Waals surface area contributed by atoms with Gasteiger partial charge < -0.3 is 18.3 Å². The molecule has 0 N–H and O–H groups in total. The molecule has 0 fully saturated rings. The Morgan fingerprint density at radius 1 is 0.963 bits per heavy atom. The van der Waals surface area contributed by atoms with Gasteiger partial charge in [0.2, 0.25) is 0 Å². The first-order valence-electron chi connectivity index (χ1n) is 9.99. The van der Waals surface area contributed by atoms with Crippen LogP contribution in [0.5, 0.6) is 0 Å². The molecule has 27 heavy (non-hydrogen) atoms. The van der Waals surface area contributed by atoms with Crippen LogP contribution in [0.15, 0.2) is 24.8 Å². The number of ether oxygens (including phenoxy) is 2. The van der Waals surface area contributed by atoms with E-state index in [4.69, 9.17) is 18.3 Å². The summed E-state index contributed by atoms with van der Waals surface area (Å²) in [5.74, 6) is 0. The van der Waals surface area contributed by atoms with Crippen molar-refractivity contribution >= 4 is 16.6 Å². The zero-order chi connectivity index (χ0) is 21.1. The first kappa shape index (κ1) is 24.8. The van der Waals surface area contributed by atoms with Crippen LogP contribution in [0.25, 0.3) is 0 Å². The third-order valence-electron chi connectivity index (χ3n) is 6.16. The molecule has 0 saturated heterocycles. The minimum Gasteiger partial charge on any atom is -0.414 e. The fourth-order valence-electron chi connectivity index (χ4n) is 2.15. The Hall–Kier alpha value is -0.246. The van der Waals surface area contributed by atoms with Gasteiger partial charge in [-0.2, -0.15) is 0 Å². The predicted molar refractivity (Wildman–Crippen MR) is 119 cm³/mol. The summed E-state index contributed by atoms with van der Waals surface area (Å²) in [5.41, 5.74) is 0. The second-order valence-corrected chi connectivity index (χ2v) is 20.0. The Labute approximate surface area is 169 Å². The zero-order valence-corrected chi connectivity index (χ0v) is 21.2. The number of hydrogen-bond acceptors (Lipinski definition) is 4. The van der Waals surface area contributed by atoms with E-state index >= 15 is 0 Å². The van der Waals surface area contributed by atoms with Gasteiger partial charge in [-0.15, -0.1) is 6.58 Å². The molecule has 0 aromatic heterocycles. The van der Waals surface area contributed by atoms with E-state index in [1.54, 1.807) is 6.08 Å². The van der Waals surface area contributed by atoms with Crippen LogP contribution in [-0.2, 0) is 18.3 Å². The largest absolute Gasteiger partial charge is 0.414 e. The average molecular weight is 415 g/mol. The minimum absolute atomic E-state index is 0.112. The summed E-state index contributed by atoms with van der Waals surface area (Å²) in [5, 5.41) is 0.300. The second-order valence-electron chi connectivity index (χ2n) is 10.5. The molecule has 1 rings (SSSR count). The first-order valence-corrected chi connectivity index (χ1v) is 15.8. The molecule has 1 aliphatic rings. The van der Waals surface area contributed by atoms with Crippen molar-refractivity contribution in [1.82, 2.24) is 0 Å². The lowest BCUT2D eigenvalue weighted by Crippen LogP contribution is -2.52. The van der Waals surface area contributed by atoms with Crippen LogP contribution < -0.4 is 0 Å². The molecule has 0 bridgehead atoms. The highest BCUT2D eigenvalue weighted by atomic mass is 28.4. The van der Waals surface area contributed by atoms with E-state index in [1.165, 1.54) is 0 Å². The Kier molecular flexibility index (Phi) is 8.31. The fourth-order valence-corrected chi connectivity index (χ4v) is 4.43. The van der Waals surface area contributed by atoms with Gasteiger partial charge in [0.05, 0.1) is 19.3 Å². The molecule has 0 radical (unpaired) electrons. The van der Waals surface area contributed by atoms with Crippen molar-refractivity contribution in [2.45, 2.75) is 96.3 Å². The van der Waals surface area contributed by atoms with Crippen LogP contribution in [0.1, 0.15) is 41.5 Å². The van der Waals surface area contributed by atoms with E-state index in [0.29, 0.717) is 13.2 Å². The Morgan fingerprint density at radius 2 is 1.52 bits per heavy atom. The Bertz CT molecular complexity index is 515. The molecule has 0 unspecified atom stereocenters. The third-order valence-corrected chi connectivity index (χ3v) is 15.1. The van der Waals surface area contributed by atoms with Crippen molar-refractivity contribution in [2.24, 2.45) is 0 Å². The van der Waals surface area contributed by atoms with Gasteiger partial charge in [-0.25, -0.2) is 0 Å². The summed E-state index contributed by atoms with van der Waals surface area (Å²) in [4.78, 5) is 0. The van der Waals surface area contributed by atoms with Gasteiger partial charge in [0.15, 0.2) is 22.9 Å². The van der Waals surface area contributed by atoms with E-state index in [-0.39, 0.29) is 28.6 Å². The molecule has 0 saturated carbocycles. The highest BCUT2D eigenvalue weighted by molar-refractivity contribution is 6.74. The topological polar surface area (TPSA) is 36.9 Å².